The molecule has 1 aromatic carbocycles. The quantitative estimate of drug-likeness (QED) is 0.930. The molecule has 2 heterocycles. The maximum atomic E-state index is 5.98. The second-order valence-electron chi connectivity index (χ2n) is 5.29. The van der Waals surface area contributed by atoms with Crippen LogP contribution in [0.25, 0.3) is 5.69 Å². The maximum Gasteiger partial charge on any atom is 0.151 e. The summed E-state index contributed by atoms with van der Waals surface area (Å²) >= 11 is 0. The molecule has 1 aliphatic heterocycles. The fourth-order valence-electron chi connectivity index (χ4n) is 2.66. The highest BCUT2D eigenvalue weighted by molar-refractivity contribution is 5.48. The van der Waals surface area contributed by atoms with Crippen LogP contribution in [0, 0.1) is 0 Å². The Labute approximate surface area is 119 Å². The van der Waals surface area contributed by atoms with Crippen molar-refractivity contribution in [1.29, 1.82) is 0 Å². The Kier molecular flexibility index (Phi) is 3.74. The first-order chi connectivity index (χ1) is 9.79. The molecule has 0 radical (unpaired) electrons. The molecule has 2 N–H and O–H groups in total. The van der Waals surface area contributed by atoms with E-state index in [4.69, 9.17) is 10.5 Å². The molecule has 20 heavy (non-hydrogen) atoms. The van der Waals surface area contributed by atoms with Gasteiger partial charge in [0.15, 0.2) is 5.82 Å². The monoisotopic (exact) mass is 271 g/mol. The maximum absolute atomic E-state index is 5.98. The summed E-state index contributed by atoms with van der Waals surface area (Å²) in [4.78, 5) is 0. The highest BCUT2D eigenvalue weighted by Gasteiger charge is 2.20. The van der Waals surface area contributed by atoms with Crippen molar-refractivity contribution in [3.8, 4) is 5.69 Å². The van der Waals surface area contributed by atoms with Crippen molar-refractivity contribution < 1.29 is 4.74 Å². The number of anilines is 1. The van der Waals surface area contributed by atoms with Gasteiger partial charge in [-0.1, -0.05) is 25.5 Å². The van der Waals surface area contributed by atoms with Gasteiger partial charge >= 0.3 is 0 Å². The summed E-state index contributed by atoms with van der Waals surface area (Å²) in [5, 5.41) is 4.47. The normalized spacial score (nSPS) is 14.2. The van der Waals surface area contributed by atoms with E-state index in [0.29, 0.717) is 12.4 Å². The van der Waals surface area contributed by atoms with Gasteiger partial charge in [0, 0.05) is 12.0 Å². The van der Waals surface area contributed by atoms with Crippen LogP contribution in [0.1, 0.15) is 36.6 Å². The molecule has 1 aliphatic rings. The fraction of sp³-hybridized carbons (Fsp3) is 0.438. The summed E-state index contributed by atoms with van der Waals surface area (Å²) in [6.07, 6.45) is 4.48. The number of hydrogen-bond donors (Lipinski definition) is 1. The van der Waals surface area contributed by atoms with Gasteiger partial charge in [-0.05, 0) is 30.5 Å². The number of benzene rings is 1. The van der Waals surface area contributed by atoms with E-state index in [-0.39, 0.29) is 0 Å². The average molecular weight is 271 g/mol. The van der Waals surface area contributed by atoms with Crippen molar-refractivity contribution in [3.63, 3.8) is 0 Å². The number of unbranched alkanes of at least 4 members (excludes halogenated alkanes) is 1. The van der Waals surface area contributed by atoms with Crippen molar-refractivity contribution in [1.82, 2.24) is 9.78 Å². The van der Waals surface area contributed by atoms with Gasteiger partial charge in [0.05, 0.1) is 24.6 Å². The van der Waals surface area contributed by atoms with Gasteiger partial charge in [-0.15, -0.1) is 0 Å². The number of nitrogens with zero attached hydrogens (tertiary/aromatic N) is 2. The van der Waals surface area contributed by atoms with Crippen molar-refractivity contribution in [3.05, 3.63) is 41.1 Å². The average Bonchev–Trinajstić information content (AvgIpc) is 2.83. The summed E-state index contributed by atoms with van der Waals surface area (Å²) in [7, 11) is 0. The Bertz CT molecular complexity index is 587. The van der Waals surface area contributed by atoms with Crippen LogP contribution >= 0.6 is 0 Å². The van der Waals surface area contributed by atoms with Crippen molar-refractivity contribution in [2.45, 2.75) is 39.2 Å². The van der Waals surface area contributed by atoms with Crippen molar-refractivity contribution >= 4 is 5.82 Å². The lowest BCUT2D eigenvalue weighted by Crippen LogP contribution is -2.13. The van der Waals surface area contributed by atoms with Gasteiger partial charge in [-0.25, -0.2) is 4.68 Å². The van der Waals surface area contributed by atoms with Crippen molar-refractivity contribution in [2.75, 3.05) is 12.3 Å². The van der Waals surface area contributed by atoms with Crippen LogP contribution in [-0.4, -0.2) is 16.4 Å². The Balaban J connectivity index is 1.89. The first-order valence-corrected chi connectivity index (χ1v) is 7.33. The molecular weight excluding hydrogens is 250 g/mol. The number of aryl methyl sites for hydroxylation is 1. The second-order valence-corrected chi connectivity index (χ2v) is 5.29. The van der Waals surface area contributed by atoms with E-state index in [0.717, 1.165) is 30.7 Å². The Morgan fingerprint density at radius 3 is 2.85 bits per heavy atom. The first-order valence-electron chi connectivity index (χ1n) is 7.33. The fourth-order valence-corrected chi connectivity index (χ4v) is 2.66. The highest BCUT2D eigenvalue weighted by atomic mass is 16.5. The third-order valence-electron chi connectivity index (χ3n) is 3.85. The predicted octanol–water partition coefficient (Wildman–Crippen LogP) is 2.87. The van der Waals surface area contributed by atoms with E-state index >= 15 is 0 Å². The highest BCUT2D eigenvalue weighted by Crippen LogP contribution is 2.25. The zero-order valence-electron chi connectivity index (χ0n) is 11.9. The predicted molar refractivity (Wildman–Crippen MR) is 79.9 cm³/mol. The molecule has 0 bridgehead atoms. The third-order valence-corrected chi connectivity index (χ3v) is 3.85. The number of fused-ring (bicyclic) bond motifs is 1. The van der Waals surface area contributed by atoms with Gasteiger partial charge in [0.2, 0.25) is 0 Å². The summed E-state index contributed by atoms with van der Waals surface area (Å²) in [6.45, 7) is 3.54. The molecule has 0 amide bonds. The lowest BCUT2D eigenvalue weighted by Gasteiger charge is -2.14. The van der Waals surface area contributed by atoms with Crippen LogP contribution in [0.4, 0.5) is 5.82 Å². The third kappa shape index (κ3) is 2.43. The van der Waals surface area contributed by atoms with E-state index in [2.05, 4.69) is 36.3 Å². The van der Waals surface area contributed by atoms with Gasteiger partial charge in [-0.2, -0.15) is 5.10 Å². The largest absolute Gasteiger partial charge is 0.382 e. The molecule has 0 aliphatic carbocycles. The van der Waals surface area contributed by atoms with Crippen LogP contribution in [0.5, 0.6) is 0 Å². The summed E-state index contributed by atoms with van der Waals surface area (Å²) < 4.78 is 7.43. The minimum Gasteiger partial charge on any atom is -0.382 e. The molecule has 3 rings (SSSR count). The molecule has 0 saturated heterocycles. The SMILES string of the molecule is CCCCc1ccc(-n2nc(N)c3c2CCOC3)cc1. The van der Waals surface area contributed by atoms with Crippen LogP contribution in [0.15, 0.2) is 24.3 Å². The summed E-state index contributed by atoms with van der Waals surface area (Å²) in [6, 6.07) is 8.64. The molecular formula is C16H21N3O. The number of rotatable bonds is 4. The van der Waals surface area contributed by atoms with Crippen LogP contribution in [0.3, 0.4) is 0 Å². The van der Waals surface area contributed by atoms with Gasteiger partial charge < -0.3 is 10.5 Å². The molecule has 4 nitrogen and oxygen atoms in total. The lowest BCUT2D eigenvalue weighted by molar-refractivity contribution is 0.110. The lowest BCUT2D eigenvalue weighted by atomic mass is 10.1. The van der Waals surface area contributed by atoms with Crippen molar-refractivity contribution in [2.24, 2.45) is 0 Å². The summed E-state index contributed by atoms with van der Waals surface area (Å²) in [5.41, 5.74) is 10.7. The standard InChI is InChI=1S/C16H21N3O/c1-2-3-4-12-5-7-13(8-6-12)19-15-9-10-20-11-14(15)16(17)18-19/h5-8H,2-4,9-11H2,1H3,(H2,17,18). The zero-order chi connectivity index (χ0) is 13.9. The Hall–Kier alpha value is -1.81. The van der Waals surface area contributed by atoms with Gasteiger partial charge in [-0.3, -0.25) is 0 Å². The van der Waals surface area contributed by atoms with E-state index in [1.807, 2.05) is 4.68 Å². The minimum atomic E-state index is 0.579. The number of ether oxygens (including phenoxy) is 1. The van der Waals surface area contributed by atoms with Crippen LogP contribution < -0.4 is 5.73 Å². The number of nitrogen functional groups attached to an aromatic ring is 1. The number of nitrogens with two attached hydrogens (primary N) is 1. The number of aromatic nitrogens is 2. The molecule has 106 valence electrons. The molecule has 0 saturated carbocycles. The minimum absolute atomic E-state index is 0.579. The topological polar surface area (TPSA) is 53.1 Å². The smallest absolute Gasteiger partial charge is 0.151 e. The molecule has 0 unspecified atom stereocenters. The molecule has 1 aromatic heterocycles. The van der Waals surface area contributed by atoms with Crippen LogP contribution in [0.2, 0.25) is 0 Å². The molecule has 0 atom stereocenters. The van der Waals surface area contributed by atoms with Gasteiger partial charge in [0.25, 0.3) is 0 Å². The molecule has 0 spiro atoms. The second kappa shape index (κ2) is 5.67. The van der Waals surface area contributed by atoms with Crippen LogP contribution in [-0.2, 0) is 24.2 Å². The van der Waals surface area contributed by atoms with E-state index in [1.54, 1.807) is 0 Å². The Morgan fingerprint density at radius 1 is 1.30 bits per heavy atom. The Morgan fingerprint density at radius 2 is 2.10 bits per heavy atom. The molecule has 4 heteroatoms. The van der Waals surface area contributed by atoms with Gasteiger partial charge in [0.1, 0.15) is 0 Å². The first kappa shape index (κ1) is 13.2. The molecule has 2 aromatic rings. The van der Waals surface area contributed by atoms with E-state index in [1.165, 1.54) is 24.1 Å². The summed E-state index contributed by atoms with van der Waals surface area (Å²) in [5.74, 6) is 0.592. The van der Waals surface area contributed by atoms with E-state index < -0.39 is 0 Å². The number of hydrogen-bond acceptors (Lipinski definition) is 3. The molecule has 0 fully saturated rings. The van der Waals surface area contributed by atoms with E-state index in [9.17, 15) is 0 Å². The zero-order valence-corrected chi connectivity index (χ0v) is 11.9.